The molecule has 1 aliphatic rings. The number of hydrogen-bond donors (Lipinski definition) is 2. The number of aromatic nitrogens is 2. The van der Waals surface area contributed by atoms with Crippen LogP contribution >= 0.6 is 0 Å². The van der Waals surface area contributed by atoms with Crippen LogP contribution in [0.3, 0.4) is 0 Å². The smallest absolute Gasteiger partial charge is 0.229 e. The molecular weight excluding hydrogens is 284 g/mol. The van der Waals surface area contributed by atoms with Gasteiger partial charge in [-0.05, 0) is 51.7 Å². The van der Waals surface area contributed by atoms with Gasteiger partial charge in [0.15, 0.2) is 0 Å². The highest BCUT2D eigenvalue weighted by Crippen LogP contribution is 2.26. The van der Waals surface area contributed by atoms with E-state index >= 15 is 0 Å². The summed E-state index contributed by atoms with van der Waals surface area (Å²) in [5, 5.41) is 6.97. The number of nitrogens with one attached hydrogen (secondary N) is 2. The molecule has 4 heteroatoms. The Morgan fingerprint density at radius 1 is 0.913 bits per heavy atom. The zero-order valence-corrected chi connectivity index (χ0v) is 14.5. The van der Waals surface area contributed by atoms with E-state index in [4.69, 9.17) is 0 Å². The molecule has 1 saturated carbocycles. The number of aryl methyl sites for hydroxylation is 4. The van der Waals surface area contributed by atoms with E-state index in [-0.39, 0.29) is 0 Å². The number of anilines is 3. The molecule has 1 aromatic heterocycles. The highest BCUT2D eigenvalue weighted by atomic mass is 15.2. The van der Waals surface area contributed by atoms with Gasteiger partial charge in [0, 0.05) is 23.5 Å². The number of rotatable bonds is 4. The van der Waals surface area contributed by atoms with Crippen molar-refractivity contribution < 1.29 is 0 Å². The largest absolute Gasteiger partial charge is 0.367 e. The maximum absolute atomic E-state index is 4.66. The summed E-state index contributed by atoms with van der Waals surface area (Å²) < 4.78 is 0. The first-order chi connectivity index (χ1) is 11.0. The minimum Gasteiger partial charge on any atom is -0.367 e. The van der Waals surface area contributed by atoms with Gasteiger partial charge in [0.1, 0.15) is 5.82 Å². The molecule has 1 fully saturated rings. The molecule has 1 heterocycles. The second-order valence-electron chi connectivity index (χ2n) is 6.74. The Morgan fingerprint density at radius 3 is 2.22 bits per heavy atom. The van der Waals surface area contributed by atoms with Crippen molar-refractivity contribution in [1.29, 1.82) is 0 Å². The molecule has 0 radical (unpaired) electrons. The van der Waals surface area contributed by atoms with Gasteiger partial charge in [-0.1, -0.05) is 30.5 Å². The normalized spacial score (nSPS) is 15.0. The van der Waals surface area contributed by atoms with Crippen molar-refractivity contribution in [3.63, 3.8) is 0 Å². The molecule has 122 valence electrons. The Kier molecular flexibility index (Phi) is 4.51. The van der Waals surface area contributed by atoms with Gasteiger partial charge < -0.3 is 10.6 Å². The topological polar surface area (TPSA) is 49.8 Å². The van der Waals surface area contributed by atoms with Gasteiger partial charge in [-0.25, -0.2) is 4.98 Å². The lowest BCUT2D eigenvalue weighted by Gasteiger charge is -2.16. The van der Waals surface area contributed by atoms with Crippen LogP contribution in [-0.2, 0) is 0 Å². The number of hydrogen-bond acceptors (Lipinski definition) is 4. The lowest BCUT2D eigenvalue weighted by molar-refractivity contribution is 0.749. The molecule has 0 amide bonds. The highest BCUT2D eigenvalue weighted by Gasteiger charge is 2.16. The first-order valence-electron chi connectivity index (χ1n) is 8.48. The van der Waals surface area contributed by atoms with E-state index in [1.807, 2.05) is 13.0 Å². The molecule has 1 aliphatic carbocycles. The average molecular weight is 310 g/mol. The van der Waals surface area contributed by atoms with E-state index in [2.05, 4.69) is 53.5 Å². The minimum atomic E-state index is 0.556. The van der Waals surface area contributed by atoms with Crippen molar-refractivity contribution >= 4 is 17.5 Å². The summed E-state index contributed by atoms with van der Waals surface area (Å²) in [4.78, 5) is 9.21. The lowest BCUT2D eigenvalue weighted by atomic mass is 10.1. The summed E-state index contributed by atoms with van der Waals surface area (Å²) >= 11 is 0. The zero-order chi connectivity index (χ0) is 16.4. The van der Waals surface area contributed by atoms with Crippen molar-refractivity contribution in [2.75, 3.05) is 10.6 Å². The Bertz CT molecular complexity index is 680. The van der Waals surface area contributed by atoms with Crippen LogP contribution in [0.5, 0.6) is 0 Å². The van der Waals surface area contributed by atoms with Gasteiger partial charge in [-0.15, -0.1) is 0 Å². The molecule has 0 unspecified atom stereocenters. The van der Waals surface area contributed by atoms with Gasteiger partial charge in [-0.3, -0.25) is 0 Å². The summed E-state index contributed by atoms with van der Waals surface area (Å²) in [6, 6.07) is 6.95. The van der Waals surface area contributed by atoms with E-state index in [1.54, 1.807) is 0 Å². The summed E-state index contributed by atoms with van der Waals surface area (Å²) in [5.41, 5.74) is 5.80. The van der Waals surface area contributed by atoms with Crippen LogP contribution in [0, 0.1) is 27.7 Å². The van der Waals surface area contributed by atoms with Crippen LogP contribution < -0.4 is 10.6 Å². The van der Waals surface area contributed by atoms with E-state index in [0.29, 0.717) is 12.0 Å². The second-order valence-corrected chi connectivity index (χ2v) is 6.74. The van der Waals surface area contributed by atoms with Crippen LogP contribution in [0.25, 0.3) is 0 Å². The third kappa shape index (κ3) is 3.81. The van der Waals surface area contributed by atoms with Crippen molar-refractivity contribution in [1.82, 2.24) is 9.97 Å². The molecule has 2 aromatic rings. The van der Waals surface area contributed by atoms with Crippen LogP contribution in [0.2, 0.25) is 0 Å². The minimum absolute atomic E-state index is 0.556. The maximum Gasteiger partial charge on any atom is 0.229 e. The van der Waals surface area contributed by atoms with Crippen molar-refractivity contribution in [3.8, 4) is 0 Å². The Morgan fingerprint density at radius 2 is 1.57 bits per heavy atom. The molecule has 0 spiro atoms. The first kappa shape index (κ1) is 15.8. The highest BCUT2D eigenvalue weighted by molar-refractivity contribution is 5.64. The van der Waals surface area contributed by atoms with Crippen molar-refractivity contribution in [2.45, 2.75) is 59.4 Å². The van der Waals surface area contributed by atoms with Gasteiger partial charge in [0.2, 0.25) is 5.95 Å². The molecule has 1 aromatic carbocycles. The first-order valence-corrected chi connectivity index (χ1v) is 8.48. The summed E-state index contributed by atoms with van der Waals surface area (Å²) in [6.45, 7) is 8.38. The van der Waals surface area contributed by atoms with E-state index in [0.717, 1.165) is 17.2 Å². The zero-order valence-electron chi connectivity index (χ0n) is 14.5. The Balaban J connectivity index is 1.84. The fourth-order valence-corrected chi connectivity index (χ4v) is 3.47. The van der Waals surface area contributed by atoms with Crippen molar-refractivity contribution in [2.24, 2.45) is 0 Å². The molecule has 0 bridgehead atoms. The SMILES string of the molecule is Cc1cc(C)c(Nc2nc(C)cc(NC3CCCC3)n2)c(C)c1. The molecule has 0 atom stereocenters. The van der Waals surface area contributed by atoms with Crippen LogP contribution in [0.1, 0.15) is 48.1 Å². The lowest BCUT2D eigenvalue weighted by Crippen LogP contribution is -2.16. The molecule has 0 saturated heterocycles. The van der Waals surface area contributed by atoms with E-state index in [1.165, 1.54) is 42.4 Å². The van der Waals surface area contributed by atoms with Crippen LogP contribution in [0.15, 0.2) is 18.2 Å². The summed E-state index contributed by atoms with van der Waals surface area (Å²) in [5.74, 6) is 1.59. The quantitative estimate of drug-likeness (QED) is 0.851. The molecule has 2 N–H and O–H groups in total. The van der Waals surface area contributed by atoms with Crippen LogP contribution in [0.4, 0.5) is 17.5 Å². The van der Waals surface area contributed by atoms with Crippen LogP contribution in [-0.4, -0.2) is 16.0 Å². The van der Waals surface area contributed by atoms with E-state index in [9.17, 15) is 0 Å². The number of benzene rings is 1. The number of nitrogens with zero attached hydrogens (tertiary/aromatic N) is 2. The fraction of sp³-hybridized carbons (Fsp3) is 0.474. The van der Waals surface area contributed by atoms with E-state index < -0.39 is 0 Å². The van der Waals surface area contributed by atoms with Crippen molar-refractivity contribution in [3.05, 3.63) is 40.6 Å². The third-order valence-corrected chi connectivity index (χ3v) is 4.48. The summed E-state index contributed by atoms with van der Waals surface area (Å²) in [6.07, 6.45) is 5.10. The predicted octanol–water partition coefficient (Wildman–Crippen LogP) is 4.81. The maximum atomic E-state index is 4.66. The van der Waals surface area contributed by atoms with Gasteiger partial charge in [-0.2, -0.15) is 4.98 Å². The van der Waals surface area contributed by atoms with Gasteiger partial charge in [0.25, 0.3) is 0 Å². The Labute approximate surface area is 138 Å². The van der Waals surface area contributed by atoms with Gasteiger partial charge in [0.05, 0.1) is 0 Å². The molecular formula is C19H26N4. The molecule has 23 heavy (non-hydrogen) atoms. The standard InChI is InChI=1S/C19H26N4/c1-12-9-13(2)18(14(3)10-12)23-19-20-15(4)11-17(22-19)21-16-7-5-6-8-16/h9-11,16H,5-8H2,1-4H3,(H2,20,21,22,23). The second kappa shape index (κ2) is 6.57. The molecule has 0 aliphatic heterocycles. The monoisotopic (exact) mass is 310 g/mol. The predicted molar refractivity (Wildman–Crippen MR) is 96.6 cm³/mol. The third-order valence-electron chi connectivity index (χ3n) is 4.48. The Hall–Kier alpha value is -2.10. The molecule has 3 rings (SSSR count). The molecule has 4 nitrogen and oxygen atoms in total. The summed E-state index contributed by atoms with van der Waals surface area (Å²) in [7, 11) is 0. The van der Waals surface area contributed by atoms with Gasteiger partial charge >= 0.3 is 0 Å². The average Bonchev–Trinajstić information content (AvgIpc) is 2.95. The fourth-order valence-electron chi connectivity index (χ4n) is 3.47.